The van der Waals surface area contributed by atoms with Crippen LogP contribution in [0.2, 0.25) is 0 Å². The monoisotopic (exact) mass is 159 g/mol. The Kier molecular flexibility index (Phi) is 6.89. The molecular formula is C8H17NO2. The number of esters is 1. The molecule has 3 heteroatoms. The molecule has 66 valence electrons. The Hall–Kier alpha value is -0.830. The van der Waals surface area contributed by atoms with E-state index in [0.717, 1.165) is 17.6 Å². The molecule has 3 nitrogen and oxygen atoms in total. The summed E-state index contributed by atoms with van der Waals surface area (Å²) in [6.45, 7) is 5.77. The number of ether oxygens (including phenoxy) is 1. The normalized spacial score (nSPS) is 8.00. The Labute approximate surface area is 68.0 Å². The van der Waals surface area contributed by atoms with Crippen LogP contribution in [0.3, 0.4) is 0 Å². The summed E-state index contributed by atoms with van der Waals surface area (Å²) in [5, 5.41) is 0. The third kappa shape index (κ3) is 3.78. The largest absolute Gasteiger partial charge is 0.466 e. The van der Waals surface area contributed by atoms with Gasteiger partial charge in [0.2, 0.25) is 0 Å². The molecule has 11 heavy (non-hydrogen) atoms. The Morgan fingerprint density at radius 3 is 1.91 bits per heavy atom. The van der Waals surface area contributed by atoms with Crippen molar-refractivity contribution < 1.29 is 9.53 Å². The van der Waals surface area contributed by atoms with Gasteiger partial charge in [-0.1, -0.05) is 12.5 Å². The van der Waals surface area contributed by atoms with Crippen LogP contribution in [-0.4, -0.2) is 13.1 Å². The van der Waals surface area contributed by atoms with E-state index in [-0.39, 0.29) is 12.1 Å². The number of carbonyl (C=O) groups excluding carboxylic acids is 1. The van der Waals surface area contributed by atoms with Crippen LogP contribution in [0.15, 0.2) is 11.1 Å². The van der Waals surface area contributed by atoms with Crippen LogP contribution < -0.4 is 6.15 Å². The Balaban J connectivity index is 0. The number of carbonyl (C=O) groups is 1. The van der Waals surface area contributed by atoms with Crippen molar-refractivity contribution in [2.45, 2.75) is 27.2 Å². The fourth-order valence-electron chi connectivity index (χ4n) is 0.825. The first-order valence-electron chi connectivity index (χ1n) is 3.38. The van der Waals surface area contributed by atoms with Crippen LogP contribution in [0.1, 0.15) is 27.2 Å². The lowest BCUT2D eigenvalue weighted by Crippen LogP contribution is -2.05. The summed E-state index contributed by atoms with van der Waals surface area (Å²) in [7, 11) is 1.40. The van der Waals surface area contributed by atoms with E-state index in [1.165, 1.54) is 7.11 Å². The molecule has 0 aliphatic carbocycles. The van der Waals surface area contributed by atoms with Gasteiger partial charge in [0.15, 0.2) is 0 Å². The lowest BCUT2D eigenvalue weighted by molar-refractivity contribution is -0.136. The predicted molar refractivity (Wildman–Crippen MR) is 45.7 cm³/mol. The van der Waals surface area contributed by atoms with Gasteiger partial charge in [-0.05, 0) is 20.3 Å². The van der Waals surface area contributed by atoms with Crippen molar-refractivity contribution in [2.24, 2.45) is 0 Å². The number of hydrogen-bond acceptors (Lipinski definition) is 3. The molecule has 0 atom stereocenters. The van der Waals surface area contributed by atoms with E-state index in [9.17, 15) is 4.79 Å². The zero-order valence-electron chi connectivity index (χ0n) is 7.73. The van der Waals surface area contributed by atoms with Crippen LogP contribution in [0, 0.1) is 0 Å². The van der Waals surface area contributed by atoms with E-state index in [4.69, 9.17) is 0 Å². The molecule has 0 saturated carbocycles. The van der Waals surface area contributed by atoms with Gasteiger partial charge in [0.1, 0.15) is 0 Å². The maximum Gasteiger partial charge on any atom is 0.333 e. The summed E-state index contributed by atoms with van der Waals surface area (Å²) in [6.07, 6.45) is 0.745. The molecule has 3 N–H and O–H groups in total. The molecular weight excluding hydrogens is 142 g/mol. The van der Waals surface area contributed by atoms with Gasteiger partial charge < -0.3 is 10.9 Å². The average molecular weight is 159 g/mol. The number of allylic oxidation sites excluding steroid dienone is 1. The first-order valence-corrected chi connectivity index (χ1v) is 3.38. The lowest BCUT2D eigenvalue weighted by Gasteiger charge is -2.02. The first kappa shape index (κ1) is 12.8. The van der Waals surface area contributed by atoms with Crippen LogP contribution in [0.4, 0.5) is 0 Å². The second kappa shape index (κ2) is 5.92. The second-order valence-corrected chi connectivity index (χ2v) is 2.32. The number of rotatable bonds is 2. The predicted octanol–water partition coefficient (Wildman–Crippen LogP) is 2.07. The maximum absolute atomic E-state index is 10.9. The van der Waals surface area contributed by atoms with Crippen molar-refractivity contribution in [3.8, 4) is 0 Å². The highest BCUT2D eigenvalue weighted by molar-refractivity contribution is 5.88. The molecule has 0 amide bonds. The van der Waals surface area contributed by atoms with E-state index < -0.39 is 0 Å². The Morgan fingerprint density at radius 1 is 1.36 bits per heavy atom. The summed E-state index contributed by atoms with van der Waals surface area (Å²) in [6, 6.07) is 0. The third-order valence-electron chi connectivity index (χ3n) is 1.39. The van der Waals surface area contributed by atoms with Gasteiger partial charge in [-0.15, -0.1) is 0 Å². The van der Waals surface area contributed by atoms with Gasteiger partial charge in [-0.3, -0.25) is 0 Å². The molecule has 0 bridgehead atoms. The molecule has 0 aliphatic heterocycles. The summed E-state index contributed by atoms with van der Waals surface area (Å²) in [5.74, 6) is -0.206. The molecule has 0 rings (SSSR count). The van der Waals surface area contributed by atoms with Crippen molar-refractivity contribution in [2.75, 3.05) is 7.11 Å². The van der Waals surface area contributed by atoms with Gasteiger partial charge in [0.05, 0.1) is 7.11 Å². The van der Waals surface area contributed by atoms with Gasteiger partial charge in [-0.25, -0.2) is 4.79 Å². The zero-order chi connectivity index (χ0) is 8.15. The minimum absolute atomic E-state index is 0. The van der Waals surface area contributed by atoms with Crippen molar-refractivity contribution >= 4 is 5.97 Å². The van der Waals surface area contributed by atoms with Gasteiger partial charge in [-0.2, -0.15) is 0 Å². The standard InChI is InChI=1S/C8H14O2.H3N/c1-5-7(6(2)3)8(9)10-4;/h5H2,1-4H3;1H3. The van der Waals surface area contributed by atoms with Crippen LogP contribution in [0.5, 0.6) is 0 Å². The number of hydrogen-bond donors (Lipinski definition) is 1. The average Bonchev–Trinajstić information content (AvgIpc) is 1.88. The van der Waals surface area contributed by atoms with E-state index in [2.05, 4.69) is 4.74 Å². The van der Waals surface area contributed by atoms with E-state index in [1.54, 1.807) is 0 Å². The fourth-order valence-corrected chi connectivity index (χ4v) is 0.825. The van der Waals surface area contributed by atoms with Gasteiger partial charge in [0.25, 0.3) is 0 Å². The molecule has 0 aromatic rings. The Bertz CT molecular complexity index is 157. The third-order valence-corrected chi connectivity index (χ3v) is 1.39. The molecule has 0 radical (unpaired) electrons. The summed E-state index contributed by atoms with van der Waals surface area (Å²) in [5.41, 5.74) is 1.82. The summed E-state index contributed by atoms with van der Waals surface area (Å²) >= 11 is 0. The molecule has 0 aromatic carbocycles. The quantitative estimate of drug-likeness (QED) is 0.495. The molecule has 0 spiro atoms. The van der Waals surface area contributed by atoms with E-state index in [0.29, 0.717) is 0 Å². The fraction of sp³-hybridized carbons (Fsp3) is 0.625. The van der Waals surface area contributed by atoms with Gasteiger partial charge >= 0.3 is 5.97 Å². The highest BCUT2D eigenvalue weighted by Crippen LogP contribution is 2.08. The molecule has 0 saturated heterocycles. The topological polar surface area (TPSA) is 61.3 Å². The Morgan fingerprint density at radius 2 is 1.82 bits per heavy atom. The molecule has 0 aliphatic rings. The van der Waals surface area contributed by atoms with Crippen LogP contribution in [-0.2, 0) is 9.53 Å². The lowest BCUT2D eigenvalue weighted by atomic mass is 10.1. The smallest absolute Gasteiger partial charge is 0.333 e. The second-order valence-electron chi connectivity index (χ2n) is 2.32. The molecule has 0 unspecified atom stereocenters. The van der Waals surface area contributed by atoms with E-state index >= 15 is 0 Å². The highest BCUT2D eigenvalue weighted by atomic mass is 16.5. The molecule has 0 aromatic heterocycles. The molecule has 0 heterocycles. The van der Waals surface area contributed by atoms with Crippen molar-refractivity contribution in [1.82, 2.24) is 6.15 Å². The SMILES string of the molecule is CCC(C(=O)OC)=C(C)C.N. The van der Waals surface area contributed by atoms with Crippen molar-refractivity contribution in [3.05, 3.63) is 11.1 Å². The summed E-state index contributed by atoms with van der Waals surface area (Å²) < 4.78 is 4.57. The van der Waals surface area contributed by atoms with Crippen LogP contribution in [0.25, 0.3) is 0 Å². The number of methoxy groups -OCH3 is 1. The summed E-state index contributed by atoms with van der Waals surface area (Å²) in [4.78, 5) is 10.9. The maximum atomic E-state index is 10.9. The van der Waals surface area contributed by atoms with Crippen LogP contribution >= 0.6 is 0 Å². The minimum Gasteiger partial charge on any atom is -0.466 e. The molecule has 0 fully saturated rings. The minimum atomic E-state index is -0.206. The zero-order valence-corrected chi connectivity index (χ0v) is 7.73. The first-order chi connectivity index (χ1) is 4.63. The van der Waals surface area contributed by atoms with Gasteiger partial charge in [0, 0.05) is 5.57 Å². The van der Waals surface area contributed by atoms with Crippen molar-refractivity contribution in [1.29, 1.82) is 0 Å². The van der Waals surface area contributed by atoms with Crippen molar-refractivity contribution in [3.63, 3.8) is 0 Å². The highest BCUT2D eigenvalue weighted by Gasteiger charge is 2.07. The van der Waals surface area contributed by atoms with E-state index in [1.807, 2.05) is 20.8 Å².